The molecular weight excluding hydrogens is 290 g/mol. The Morgan fingerprint density at radius 1 is 1.14 bits per heavy atom. The molecular formula is C15H11ClN3O2. The van der Waals surface area contributed by atoms with Crippen LogP contribution in [0.15, 0.2) is 46.0 Å². The number of H-pyrrole nitrogens is 2. The molecule has 3 aromatic rings. The molecule has 3 rings (SSSR count). The lowest BCUT2D eigenvalue weighted by Crippen LogP contribution is -2.29. The summed E-state index contributed by atoms with van der Waals surface area (Å²) in [6, 6.07) is 13.9. The minimum atomic E-state index is -0.694. The van der Waals surface area contributed by atoms with Gasteiger partial charge < -0.3 is 15.3 Å². The third kappa shape index (κ3) is 2.83. The zero-order valence-electron chi connectivity index (χ0n) is 10.9. The van der Waals surface area contributed by atoms with E-state index in [0.717, 1.165) is 11.3 Å². The molecule has 0 aliphatic carbocycles. The topological polar surface area (TPSA) is 77.8 Å². The molecule has 0 aliphatic heterocycles. The molecule has 0 amide bonds. The number of fused-ring (bicyclic) bond motifs is 1. The molecule has 0 saturated carbocycles. The normalized spacial score (nSPS) is 10.7. The lowest BCUT2D eigenvalue weighted by molar-refractivity contribution is 1.10. The predicted octanol–water partition coefficient (Wildman–Crippen LogP) is 2.28. The van der Waals surface area contributed by atoms with Crippen molar-refractivity contribution >= 4 is 28.3 Å². The summed E-state index contributed by atoms with van der Waals surface area (Å²) < 4.78 is 0. The van der Waals surface area contributed by atoms with E-state index >= 15 is 0 Å². The molecule has 1 aromatic heterocycles. The summed E-state index contributed by atoms with van der Waals surface area (Å²) in [5, 5.41) is 3.67. The first-order valence-corrected chi connectivity index (χ1v) is 6.66. The summed E-state index contributed by atoms with van der Waals surface area (Å²) >= 11 is 6.05. The molecule has 105 valence electrons. The Morgan fingerprint density at radius 3 is 2.71 bits per heavy atom. The lowest BCUT2D eigenvalue weighted by Gasteiger charge is -2.09. The van der Waals surface area contributed by atoms with E-state index in [-0.39, 0.29) is 0 Å². The second-order valence-electron chi connectivity index (χ2n) is 4.53. The number of para-hydroxylation sites is 1. The predicted molar refractivity (Wildman–Crippen MR) is 82.8 cm³/mol. The summed E-state index contributed by atoms with van der Waals surface area (Å²) in [5.41, 5.74) is 1.30. The van der Waals surface area contributed by atoms with Crippen molar-refractivity contribution in [3.05, 3.63) is 73.8 Å². The molecule has 0 aliphatic rings. The van der Waals surface area contributed by atoms with Crippen molar-refractivity contribution in [2.45, 2.75) is 6.54 Å². The fraction of sp³-hybridized carbons (Fsp3) is 0.0667. The van der Waals surface area contributed by atoms with E-state index in [2.05, 4.69) is 21.4 Å². The van der Waals surface area contributed by atoms with Crippen molar-refractivity contribution < 1.29 is 0 Å². The number of halogens is 1. The second kappa shape index (κ2) is 5.46. The highest BCUT2D eigenvalue weighted by Crippen LogP contribution is 2.20. The van der Waals surface area contributed by atoms with E-state index in [4.69, 9.17) is 11.6 Å². The van der Waals surface area contributed by atoms with E-state index in [9.17, 15) is 9.59 Å². The molecule has 0 fully saturated rings. The number of benzene rings is 2. The van der Waals surface area contributed by atoms with Gasteiger partial charge in [0.2, 0.25) is 0 Å². The van der Waals surface area contributed by atoms with Crippen molar-refractivity contribution in [2.24, 2.45) is 0 Å². The summed E-state index contributed by atoms with van der Waals surface area (Å²) in [6.45, 7) is 0.444. The van der Waals surface area contributed by atoms with Gasteiger partial charge in [-0.1, -0.05) is 29.8 Å². The van der Waals surface area contributed by atoms with Crippen LogP contribution in [0, 0.1) is 6.07 Å². The molecule has 0 unspecified atom stereocenters. The van der Waals surface area contributed by atoms with Gasteiger partial charge in [-0.2, -0.15) is 0 Å². The largest absolute Gasteiger partial charge is 0.380 e. The van der Waals surface area contributed by atoms with E-state index in [1.165, 1.54) is 0 Å². The number of nitrogens with one attached hydrogen (secondary N) is 3. The van der Waals surface area contributed by atoms with Crippen LogP contribution in [-0.2, 0) is 6.54 Å². The van der Waals surface area contributed by atoms with Gasteiger partial charge in [0.05, 0.1) is 11.0 Å². The number of aromatic amines is 2. The molecule has 1 heterocycles. The molecule has 2 aromatic carbocycles. The third-order valence-corrected chi connectivity index (χ3v) is 3.27. The maximum Gasteiger partial charge on any atom is 0.314 e. The minimum Gasteiger partial charge on any atom is -0.380 e. The second-order valence-corrected chi connectivity index (χ2v) is 4.96. The van der Waals surface area contributed by atoms with Gasteiger partial charge in [-0.3, -0.25) is 9.59 Å². The molecule has 0 bridgehead atoms. The number of rotatable bonds is 3. The maximum atomic E-state index is 11.5. The van der Waals surface area contributed by atoms with Crippen molar-refractivity contribution in [1.29, 1.82) is 0 Å². The fourth-order valence-electron chi connectivity index (χ4n) is 2.09. The molecule has 6 heteroatoms. The van der Waals surface area contributed by atoms with Crippen LogP contribution in [0.5, 0.6) is 0 Å². The van der Waals surface area contributed by atoms with E-state index in [0.29, 0.717) is 22.6 Å². The van der Waals surface area contributed by atoms with Gasteiger partial charge in [0.1, 0.15) is 0 Å². The van der Waals surface area contributed by atoms with Crippen LogP contribution in [0.3, 0.4) is 0 Å². The van der Waals surface area contributed by atoms with Crippen LogP contribution in [0.1, 0.15) is 5.56 Å². The summed E-state index contributed by atoms with van der Waals surface area (Å²) in [7, 11) is 0. The van der Waals surface area contributed by atoms with Gasteiger partial charge in [-0.25, -0.2) is 0 Å². The van der Waals surface area contributed by atoms with Crippen molar-refractivity contribution in [1.82, 2.24) is 9.97 Å². The average Bonchev–Trinajstić information content (AvgIpc) is 2.48. The Labute approximate surface area is 124 Å². The fourth-order valence-corrected chi connectivity index (χ4v) is 2.33. The Hall–Kier alpha value is -2.53. The Balaban J connectivity index is 2.03. The molecule has 0 spiro atoms. The van der Waals surface area contributed by atoms with Crippen molar-refractivity contribution in [3.8, 4) is 0 Å². The molecule has 21 heavy (non-hydrogen) atoms. The molecule has 1 radical (unpaired) electrons. The first-order chi connectivity index (χ1) is 10.1. The third-order valence-electron chi connectivity index (χ3n) is 3.06. The number of aromatic nitrogens is 2. The van der Waals surface area contributed by atoms with Gasteiger partial charge in [0, 0.05) is 23.3 Å². The molecule has 0 atom stereocenters. The highest BCUT2D eigenvalue weighted by molar-refractivity contribution is 6.31. The number of hydrogen-bond donors (Lipinski definition) is 3. The Kier molecular flexibility index (Phi) is 3.50. The monoisotopic (exact) mass is 300 g/mol. The van der Waals surface area contributed by atoms with E-state index in [1.807, 2.05) is 18.2 Å². The Morgan fingerprint density at radius 2 is 1.95 bits per heavy atom. The highest BCUT2D eigenvalue weighted by atomic mass is 35.5. The van der Waals surface area contributed by atoms with Crippen LogP contribution in [0.2, 0.25) is 5.02 Å². The zero-order valence-corrected chi connectivity index (χ0v) is 11.6. The van der Waals surface area contributed by atoms with Gasteiger partial charge in [0.15, 0.2) is 0 Å². The van der Waals surface area contributed by atoms with Gasteiger partial charge in [-0.05, 0) is 23.8 Å². The number of anilines is 1. The van der Waals surface area contributed by atoms with Crippen LogP contribution in [0.4, 0.5) is 5.69 Å². The molecule has 3 N–H and O–H groups in total. The van der Waals surface area contributed by atoms with Gasteiger partial charge in [-0.15, -0.1) is 0 Å². The first kappa shape index (κ1) is 13.5. The molecule has 5 nitrogen and oxygen atoms in total. The van der Waals surface area contributed by atoms with Crippen LogP contribution >= 0.6 is 11.6 Å². The van der Waals surface area contributed by atoms with Crippen molar-refractivity contribution in [3.63, 3.8) is 0 Å². The van der Waals surface area contributed by atoms with Crippen molar-refractivity contribution in [2.75, 3.05) is 5.32 Å². The summed E-state index contributed by atoms with van der Waals surface area (Å²) in [5.74, 6) is 0. The zero-order chi connectivity index (χ0) is 14.8. The van der Waals surface area contributed by atoms with Crippen LogP contribution in [0.25, 0.3) is 11.0 Å². The highest BCUT2D eigenvalue weighted by Gasteiger charge is 2.07. The standard InChI is InChI=1S/C15H11ClN3O2/c16-10-6-9(8-17-11-4-2-1-3-5-11)13-12(7-10)18-14(20)15(21)19-13/h1-4,6-7,17H,8H2,(H,18,20)(H,19,21). The van der Waals surface area contributed by atoms with Gasteiger partial charge in [0.25, 0.3) is 0 Å². The first-order valence-electron chi connectivity index (χ1n) is 6.29. The lowest BCUT2D eigenvalue weighted by atomic mass is 10.1. The minimum absolute atomic E-state index is 0.444. The average molecular weight is 301 g/mol. The van der Waals surface area contributed by atoms with Gasteiger partial charge >= 0.3 is 11.1 Å². The van der Waals surface area contributed by atoms with Crippen LogP contribution in [-0.4, -0.2) is 9.97 Å². The summed E-state index contributed by atoms with van der Waals surface area (Å²) in [4.78, 5) is 28.0. The maximum absolute atomic E-state index is 11.5. The number of hydrogen-bond acceptors (Lipinski definition) is 3. The van der Waals surface area contributed by atoms with E-state index in [1.54, 1.807) is 18.2 Å². The Bertz CT molecular complexity index is 900. The van der Waals surface area contributed by atoms with Crippen LogP contribution < -0.4 is 16.4 Å². The molecule has 0 saturated heterocycles. The SMILES string of the molecule is O=c1[nH]c2cc(Cl)cc(CNc3[c]cccc3)c2[nH]c1=O. The smallest absolute Gasteiger partial charge is 0.314 e. The summed E-state index contributed by atoms with van der Waals surface area (Å²) in [6.07, 6.45) is 0. The van der Waals surface area contributed by atoms with E-state index < -0.39 is 11.1 Å². The quantitative estimate of drug-likeness (QED) is 0.649.